The van der Waals surface area contributed by atoms with Crippen molar-refractivity contribution < 1.29 is 9.59 Å². The fourth-order valence-corrected chi connectivity index (χ4v) is 3.75. The molecule has 5 nitrogen and oxygen atoms in total. The Morgan fingerprint density at radius 1 is 0.931 bits per heavy atom. The Morgan fingerprint density at radius 2 is 1.59 bits per heavy atom. The van der Waals surface area contributed by atoms with Crippen LogP contribution in [0.25, 0.3) is 0 Å². The molecule has 0 spiro atoms. The Kier molecular flexibility index (Phi) is 8.25. The van der Waals surface area contributed by atoms with Gasteiger partial charge in [0.25, 0.3) is 0 Å². The molecule has 1 aliphatic rings. The van der Waals surface area contributed by atoms with Crippen LogP contribution < -0.4 is 10.6 Å². The second-order valence-corrected chi connectivity index (χ2v) is 7.53. The van der Waals surface area contributed by atoms with Crippen LogP contribution in [0.3, 0.4) is 0 Å². The van der Waals surface area contributed by atoms with Crippen molar-refractivity contribution in [3.8, 4) is 0 Å². The molecule has 1 heterocycles. The van der Waals surface area contributed by atoms with E-state index < -0.39 is 0 Å². The summed E-state index contributed by atoms with van der Waals surface area (Å²) in [6.07, 6.45) is 4.67. The maximum absolute atomic E-state index is 12.3. The van der Waals surface area contributed by atoms with Gasteiger partial charge < -0.3 is 10.2 Å². The maximum atomic E-state index is 12.3. The zero-order valence-corrected chi connectivity index (χ0v) is 17.0. The first-order chi connectivity index (χ1) is 14.2. The number of rotatable bonds is 9. The normalized spacial score (nSPS) is 14.7. The third-order valence-corrected chi connectivity index (χ3v) is 5.33. The van der Waals surface area contributed by atoms with Crippen molar-refractivity contribution in [1.29, 1.82) is 0 Å². The van der Waals surface area contributed by atoms with Crippen molar-refractivity contribution in [2.45, 2.75) is 38.1 Å². The van der Waals surface area contributed by atoms with Crippen LogP contribution in [-0.2, 0) is 9.59 Å². The Labute approximate surface area is 173 Å². The quantitative estimate of drug-likeness (QED) is 0.643. The molecule has 2 amide bonds. The van der Waals surface area contributed by atoms with E-state index in [1.54, 1.807) is 0 Å². The highest BCUT2D eigenvalue weighted by molar-refractivity contribution is 5.78. The SMILES string of the molecule is O=C(CNC(c1ccccc1)c1ccccc1)NCCCN1CCCCCC1=O. The predicted octanol–water partition coefficient (Wildman–Crippen LogP) is 3.27. The van der Waals surface area contributed by atoms with Crippen LogP contribution in [0.5, 0.6) is 0 Å². The summed E-state index contributed by atoms with van der Waals surface area (Å²) in [6.45, 7) is 2.41. The number of nitrogens with zero attached hydrogens (tertiary/aromatic N) is 1. The van der Waals surface area contributed by atoms with Gasteiger partial charge in [0.15, 0.2) is 0 Å². The summed E-state index contributed by atoms with van der Waals surface area (Å²) in [5, 5.41) is 6.35. The summed E-state index contributed by atoms with van der Waals surface area (Å²) in [6, 6.07) is 20.3. The second-order valence-electron chi connectivity index (χ2n) is 7.53. The minimum Gasteiger partial charge on any atom is -0.355 e. The average Bonchev–Trinajstić information content (AvgIpc) is 2.97. The number of carbonyl (C=O) groups is 2. The smallest absolute Gasteiger partial charge is 0.233 e. The molecular weight excluding hydrogens is 362 g/mol. The fourth-order valence-electron chi connectivity index (χ4n) is 3.75. The molecule has 0 aromatic heterocycles. The highest BCUT2D eigenvalue weighted by Gasteiger charge is 2.16. The van der Waals surface area contributed by atoms with Crippen molar-refractivity contribution >= 4 is 11.8 Å². The molecule has 0 radical (unpaired) electrons. The standard InChI is InChI=1S/C24H31N3O2/c28-22(25-16-10-18-27-17-9-3-8-15-23(27)29)19-26-24(20-11-4-1-5-12-20)21-13-6-2-7-14-21/h1-2,4-7,11-14,24,26H,3,8-10,15-19H2,(H,25,28). The molecule has 1 aliphatic heterocycles. The Morgan fingerprint density at radius 3 is 2.24 bits per heavy atom. The zero-order chi connectivity index (χ0) is 20.3. The van der Waals surface area contributed by atoms with Gasteiger partial charge in [-0.15, -0.1) is 0 Å². The van der Waals surface area contributed by atoms with Gasteiger partial charge in [-0.1, -0.05) is 67.1 Å². The third-order valence-electron chi connectivity index (χ3n) is 5.33. The van der Waals surface area contributed by atoms with Crippen LogP contribution in [0.2, 0.25) is 0 Å². The number of hydrogen-bond donors (Lipinski definition) is 2. The van der Waals surface area contributed by atoms with E-state index in [4.69, 9.17) is 0 Å². The molecule has 0 aliphatic carbocycles. The van der Waals surface area contributed by atoms with Gasteiger partial charge in [-0.3, -0.25) is 14.9 Å². The highest BCUT2D eigenvalue weighted by Crippen LogP contribution is 2.21. The Bertz CT molecular complexity index is 725. The van der Waals surface area contributed by atoms with Gasteiger partial charge in [-0.2, -0.15) is 0 Å². The van der Waals surface area contributed by atoms with Gasteiger partial charge in [0.2, 0.25) is 11.8 Å². The first-order valence-corrected chi connectivity index (χ1v) is 10.6. The van der Waals surface area contributed by atoms with E-state index in [2.05, 4.69) is 34.9 Å². The van der Waals surface area contributed by atoms with Crippen LogP contribution in [0.4, 0.5) is 0 Å². The molecule has 3 rings (SSSR count). The molecule has 5 heteroatoms. The van der Waals surface area contributed by atoms with E-state index in [0.29, 0.717) is 13.0 Å². The van der Waals surface area contributed by atoms with Gasteiger partial charge in [-0.25, -0.2) is 0 Å². The van der Waals surface area contributed by atoms with Crippen molar-refractivity contribution in [3.05, 3.63) is 71.8 Å². The van der Waals surface area contributed by atoms with Gasteiger partial charge >= 0.3 is 0 Å². The Hall–Kier alpha value is -2.66. The summed E-state index contributed by atoms with van der Waals surface area (Å²) < 4.78 is 0. The molecule has 0 atom stereocenters. The van der Waals surface area contributed by atoms with Crippen LogP contribution in [0, 0.1) is 0 Å². The molecule has 29 heavy (non-hydrogen) atoms. The van der Waals surface area contributed by atoms with E-state index in [-0.39, 0.29) is 24.4 Å². The lowest BCUT2D eigenvalue weighted by atomic mass is 9.99. The Balaban J connectivity index is 1.45. The molecule has 2 aromatic carbocycles. The van der Waals surface area contributed by atoms with Crippen LogP contribution in [0.1, 0.15) is 49.3 Å². The van der Waals surface area contributed by atoms with Gasteiger partial charge in [-0.05, 0) is 30.4 Å². The lowest BCUT2D eigenvalue weighted by Gasteiger charge is -2.21. The molecule has 154 valence electrons. The summed E-state index contributed by atoms with van der Waals surface area (Å²) in [4.78, 5) is 26.3. The van der Waals surface area contributed by atoms with Crippen molar-refractivity contribution in [2.75, 3.05) is 26.2 Å². The van der Waals surface area contributed by atoms with Crippen LogP contribution in [0.15, 0.2) is 60.7 Å². The number of carbonyl (C=O) groups excluding carboxylic acids is 2. The molecule has 2 N–H and O–H groups in total. The number of hydrogen-bond acceptors (Lipinski definition) is 3. The maximum Gasteiger partial charge on any atom is 0.233 e. The monoisotopic (exact) mass is 393 g/mol. The lowest BCUT2D eigenvalue weighted by Crippen LogP contribution is -2.38. The predicted molar refractivity (Wildman–Crippen MR) is 115 cm³/mol. The molecular formula is C24H31N3O2. The number of benzene rings is 2. The van der Waals surface area contributed by atoms with E-state index in [9.17, 15) is 9.59 Å². The first kappa shape index (κ1) is 21.1. The largest absolute Gasteiger partial charge is 0.355 e. The van der Waals surface area contributed by atoms with Gasteiger partial charge in [0, 0.05) is 26.1 Å². The van der Waals surface area contributed by atoms with Crippen molar-refractivity contribution in [1.82, 2.24) is 15.5 Å². The van der Waals surface area contributed by atoms with E-state index in [0.717, 1.165) is 49.9 Å². The van der Waals surface area contributed by atoms with Crippen LogP contribution in [-0.4, -0.2) is 42.9 Å². The number of amides is 2. The van der Waals surface area contributed by atoms with E-state index in [1.807, 2.05) is 41.3 Å². The summed E-state index contributed by atoms with van der Waals surface area (Å²) >= 11 is 0. The van der Waals surface area contributed by atoms with Crippen molar-refractivity contribution in [3.63, 3.8) is 0 Å². The van der Waals surface area contributed by atoms with Crippen LogP contribution >= 0.6 is 0 Å². The van der Waals surface area contributed by atoms with E-state index in [1.165, 1.54) is 0 Å². The van der Waals surface area contributed by atoms with Crippen molar-refractivity contribution in [2.24, 2.45) is 0 Å². The molecule has 0 unspecified atom stereocenters. The second kappa shape index (κ2) is 11.4. The highest BCUT2D eigenvalue weighted by atomic mass is 16.2. The summed E-state index contributed by atoms with van der Waals surface area (Å²) in [7, 11) is 0. The van der Waals surface area contributed by atoms with E-state index >= 15 is 0 Å². The molecule has 1 saturated heterocycles. The molecule has 0 bridgehead atoms. The average molecular weight is 394 g/mol. The lowest BCUT2D eigenvalue weighted by molar-refractivity contribution is -0.130. The minimum absolute atomic E-state index is 0.0240. The number of nitrogens with one attached hydrogen (secondary N) is 2. The third kappa shape index (κ3) is 6.71. The molecule has 2 aromatic rings. The minimum atomic E-state index is -0.0297. The number of likely N-dealkylation sites (tertiary alicyclic amines) is 1. The topological polar surface area (TPSA) is 61.4 Å². The first-order valence-electron chi connectivity index (χ1n) is 10.6. The van der Waals surface area contributed by atoms with Gasteiger partial charge in [0.1, 0.15) is 0 Å². The molecule has 1 fully saturated rings. The van der Waals surface area contributed by atoms with Gasteiger partial charge in [0.05, 0.1) is 12.6 Å². The molecule has 0 saturated carbocycles. The zero-order valence-electron chi connectivity index (χ0n) is 17.0. The summed E-state index contributed by atoms with van der Waals surface area (Å²) in [5.74, 6) is 0.230. The summed E-state index contributed by atoms with van der Waals surface area (Å²) in [5.41, 5.74) is 2.26. The fraction of sp³-hybridized carbons (Fsp3) is 0.417.